The van der Waals surface area contributed by atoms with Crippen molar-refractivity contribution in [1.82, 2.24) is 4.98 Å². The van der Waals surface area contributed by atoms with Crippen LogP contribution in [0.25, 0.3) is 0 Å². The first-order chi connectivity index (χ1) is 8.70. The lowest BCUT2D eigenvalue weighted by atomic mass is 10.1. The van der Waals surface area contributed by atoms with Gasteiger partial charge in [0, 0.05) is 11.8 Å². The first kappa shape index (κ1) is 12.1. The molecule has 0 fully saturated rings. The molecule has 1 aromatic carbocycles. The van der Waals surface area contributed by atoms with Gasteiger partial charge in [-0.3, -0.25) is 0 Å². The molecule has 0 aliphatic carbocycles. The lowest BCUT2D eigenvalue weighted by Gasteiger charge is -2.08. The minimum absolute atomic E-state index is 0.360. The van der Waals surface area contributed by atoms with E-state index in [1.54, 1.807) is 12.3 Å². The number of pyridine rings is 1. The molecule has 90 valence electrons. The van der Waals surface area contributed by atoms with Crippen LogP contribution in [0.5, 0.6) is 5.75 Å². The van der Waals surface area contributed by atoms with Crippen LogP contribution < -0.4 is 4.74 Å². The Balaban J connectivity index is 2.12. The SMILES string of the molecule is Cc1ccc(OCc2cccnc2C#N)cc1C. The third-order valence-electron chi connectivity index (χ3n) is 2.87. The molecule has 0 spiro atoms. The second-order valence-electron chi connectivity index (χ2n) is 4.16. The quantitative estimate of drug-likeness (QED) is 0.825. The van der Waals surface area contributed by atoms with E-state index in [1.165, 1.54) is 11.1 Å². The van der Waals surface area contributed by atoms with Crippen molar-refractivity contribution in [1.29, 1.82) is 5.26 Å². The highest BCUT2D eigenvalue weighted by atomic mass is 16.5. The molecular formula is C15H14N2O. The average molecular weight is 238 g/mol. The molecule has 1 aromatic heterocycles. The van der Waals surface area contributed by atoms with Gasteiger partial charge in [0.1, 0.15) is 24.1 Å². The molecule has 0 aliphatic rings. The predicted molar refractivity (Wildman–Crippen MR) is 69.2 cm³/mol. The van der Waals surface area contributed by atoms with Crippen LogP contribution in [-0.2, 0) is 6.61 Å². The Morgan fingerprint density at radius 3 is 2.78 bits per heavy atom. The topological polar surface area (TPSA) is 45.9 Å². The van der Waals surface area contributed by atoms with Gasteiger partial charge in [0.15, 0.2) is 0 Å². The van der Waals surface area contributed by atoms with E-state index in [1.807, 2.05) is 31.2 Å². The van der Waals surface area contributed by atoms with Gasteiger partial charge in [-0.15, -0.1) is 0 Å². The van der Waals surface area contributed by atoms with Gasteiger partial charge in [0.2, 0.25) is 0 Å². The highest BCUT2D eigenvalue weighted by Crippen LogP contribution is 2.18. The first-order valence-corrected chi connectivity index (χ1v) is 5.75. The van der Waals surface area contributed by atoms with E-state index in [2.05, 4.69) is 18.0 Å². The molecule has 1 heterocycles. The van der Waals surface area contributed by atoms with Crippen molar-refractivity contribution in [3.63, 3.8) is 0 Å². The van der Waals surface area contributed by atoms with Crippen LogP contribution in [0.2, 0.25) is 0 Å². The number of nitrogens with zero attached hydrogens (tertiary/aromatic N) is 2. The lowest BCUT2D eigenvalue weighted by Crippen LogP contribution is -2.00. The highest BCUT2D eigenvalue weighted by molar-refractivity contribution is 5.35. The Morgan fingerprint density at radius 2 is 2.06 bits per heavy atom. The fraction of sp³-hybridized carbons (Fsp3) is 0.200. The molecular weight excluding hydrogens is 224 g/mol. The van der Waals surface area contributed by atoms with Crippen LogP contribution in [0, 0.1) is 25.2 Å². The van der Waals surface area contributed by atoms with Crippen molar-refractivity contribution in [2.45, 2.75) is 20.5 Å². The Labute approximate surface area is 107 Å². The van der Waals surface area contributed by atoms with Gasteiger partial charge in [-0.25, -0.2) is 4.98 Å². The van der Waals surface area contributed by atoms with Crippen LogP contribution in [0.4, 0.5) is 0 Å². The smallest absolute Gasteiger partial charge is 0.147 e. The number of aromatic nitrogens is 1. The second kappa shape index (κ2) is 5.33. The third kappa shape index (κ3) is 2.67. The van der Waals surface area contributed by atoms with Crippen molar-refractivity contribution in [2.75, 3.05) is 0 Å². The summed E-state index contributed by atoms with van der Waals surface area (Å²) in [6.07, 6.45) is 1.61. The molecule has 3 nitrogen and oxygen atoms in total. The van der Waals surface area contributed by atoms with Crippen LogP contribution >= 0.6 is 0 Å². The van der Waals surface area contributed by atoms with Gasteiger partial charge in [-0.2, -0.15) is 5.26 Å². The predicted octanol–water partition coefficient (Wildman–Crippen LogP) is 3.15. The molecule has 0 saturated heterocycles. The maximum atomic E-state index is 8.93. The maximum absolute atomic E-state index is 8.93. The summed E-state index contributed by atoms with van der Waals surface area (Å²) in [5, 5.41) is 8.93. The normalized spacial score (nSPS) is 9.83. The van der Waals surface area contributed by atoms with Gasteiger partial charge < -0.3 is 4.74 Å². The molecule has 0 radical (unpaired) electrons. The molecule has 0 amide bonds. The van der Waals surface area contributed by atoms with Crippen LogP contribution in [0.3, 0.4) is 0 Å². The van der Waals surface area contributed by atoms with E-state index in [0.29, 0.717) is 12.3 Å². The molecule has 2 rings (SSSR count). The van der Waals surface area contributed by atoms with Gasteiger partial charge in [-0.05, 0) is 43.2 Å². The fourth-order valence-electron chi connectivity index (χ4n) is 1.62. The first-order valence-electron chi connectivity index (χ1n) is 5.75. The van der Waals surface area contributed by atoms with Crippen molar-refractivity contribution < 1.29 is 4.74 Å². The molecule has 0 saturated carbocycles. The number of nitriles is 1. The van der Waals surface area contributed by atoms with E-state index >= 15 is 0 Å². The monoisotopic (exact) mass is 238 g/mol. The largest absolute Gasteiger partial charge is 0.489 e. The third-order valence-corrected chi connectivity index (χ3v) is 2.87. The van der Waals surface area contributed by atoms with E-state index < -0.39 is 0 Å². The Kier molecular flexibility index (Phi) is 3.59. The summed E-state index contributed by atoms with van der Waals surface area (Å²) in [5.41, 5.74) is 3.65. The summed E-state index contributed by atoms with van der Waals surface area (Å²) >= 11 is 0. The van der Waals surface area contributed by atoms with E-state index in [-0.39, 0.29) is 0 Å². The molecule has 0 unspecified atom stereocenters. The molecule has 0 N–H and O–H groups in total. The zero-order valence-electron chi connectivity index (χ0n) is 10.5. The van der Waals surface area contributed by atoms with Crippen molar-refractivity contribution in [3.05, 3.63) is 58.9 Å². The molecule has 0 atom stereocenters. The molecule has 2 aromatic rings. The summed E-state index contributed by atoms with van der Waals surface area (Å²) in [6, 6.07) is 11.7. The summed E-state index contributed by atoms with van der Waals surface area (Å²) in [4.78, 5) is 4.00. The highest BCUT2D eigenvalue weighted by Gasteiger charge is 2.03. The molecule has 3 heteroatoms. The lowest BCUT2D eigenvalue weighted by molar-refractivity contribution is 0.305. The molecule has 0 bridgehead atoms. The van der Waals surface area contributed by atoms with E-state index in [9.17, 15) is 0 Å². The number of rotatable bonds is 3. The standard InChI is InChI=1S/C15H14N2O/c1-11-5-6-14(8-12(11)2)18-10-13-4-3-7-17-15(13)9-16/h3-8H,10H2,1-2H3. The van der Waals surface area contributed by atoms with Crippen molar-refractivity contribution in [3.8, 4) is 11.8 Å². The zero-order valence-corrected chi connectivity index (χ0v) is 10.5. The average Bonchev–Trinajstić information content (AvgIpc) is 2.40. The van der Waals surface area contributed by atoms with Gasteiger partial charge in [-0.1, -0.05) is 12.1 Å². The Morgan fingerprint density at radius 1 is 1.22 bits per heavy atom. The minimum Gasteiger partial charge on any atom is -0.489 e. The van der Waals surface area contributed by atoms with Crippen molar-refractivity contribution in [2.24, 2.45) is 0 Å². The maximum Gasteiger partial charge on any atom is 0.147 e. The van der Waals surface area contributed by atoms with Crippen molar-refractivity contribution >= 4 is 0 Å². The van der Waals surface area contributed by atoms with E-state index in [4.69, 9.17) is 10.00 Å². The summed E-state index contributed by atoms with van der Waals surface area (Å²) in [7, 11) is 0. The van der Waals surface area contributed by atoms with Gasteiger partial charge >= 0.3 is 0 Å². The number of benzene rings is 1. The Hall–Kier alpha value is -2.34. The van der Waals surface area contributed by atoms with Crippen LogP contribution in [0.15, 0.2) is 36.5 Å². The minimum atomic E-state index is 0.360. The summed E-state index contributed by atoms with van der Waals surface area (Å²) in [5.74, 6) is 0.811. The van der Waals surface area contributed by atoms with Crippen LogP contribution in [0.1, 0.15) is 22.4 Å². The number of hydrogen-bond donors (Lipinski definition) is 0. The number of aryl methyl sites for hydroxylation is 2. The summed E-state index contributed by atoms with van der Waals surface area (Å²) in [6.45, 7) is 4.47. The second-order valence-corrected chi connectivity index (χ2v) is 4.16. The molecule has 0 aliphatic heterocycles. The summed E-state index contributed by atoms with van der Waals surface area (Å²) < 4.78 is 5.68. The fourth-order valence-corrected chi connectivity index (χ4v) is 1.62. The van der Waals surface area contributed by atoms with Gasteiger partial charge in [0.05, 0.1) is 0 Å². The van der Waals surface area contributed by atoms with Gasteiger partial charge in [0.25, 0.3) is 0 Å². The molecule has 18 heavy (non-hydrogen) atoms. The zero-order chi connectivity index (χ0) is 13.0. The Bertz CT molecular complexity index is 600. The van der Waals surface area contributed by atoms with Crippen LogP contribution in [-0.4, -0.2) is 4.98 Å². The van der Waals surface area contributed by atoms with E-state index in [0.717, 1.165) is 11.3 Å². The number of hydrogen-bond acceptors (Lipinski definition) is 3. The number of ether oxygens (including phenoxy) is 1.